The van der Waals surface area contributed by atoms with Crippen LogP contribution in [0, 0.1) is 35.5 Å². The molecule has 0 radical (unpaired) electrons. The van der Waals surface area contributed by atoms with Crippen molar-refractivity contribution in [3.8, 4) is 0 Å². The summed E-state index contributed by atoms with van der Waals surface area (Å²) in [5, 5.41) is 10.4. The van der Waals surface area contributed by atoms with E-state index in [4.69, 9.17) is 0 Å². The van der Waals surface area contributed by atoms with Crippen LogP contribution in [-0.2, 0) is 11.1 Å². The molecule has 8 saturated carbocycles. The summed E-state index contributed by atoms with van der Waals surface area (Å²) < 4.78 is 4.58. The zero-order chi connectivity index (χ0) is 18.7. The Morgan fingerprint density at radius 2 is 1.25 bits per heavy atom. The Hall–Kier alpha value is -1.32. The highest BCUT2D eigenvalue weighted by atomic mass is 16.4. The van der Waals surface area contributed by atoms with Crippen LogP contribution in [-0.4, -0.2) is 15.6 Å². The van der Waals surface area contributed by atoms with E-state index in [1.807, 2.05) is 0 Å². The molecule has 1 aromatic heterocycles. The number of aromatic nitrogens is 2. The van der Waals surface area contributed by atoms with Crippen LogP contribution < -0.4 is 4.57 Å². The van der Waals surface area contributed by atoms with Gasteiger partial charge in [0.15, 0.2) is 0 Å². The van der Waals surface area contributed by atoms with Crippen LogP contribution in [0.2, 0.25) is 0 Å². The number of hydrogen-bond donors (Lipinski definition) is 1. The molecule has 4 heteroatoms. The van der Waals surface area contributed by atoms with Crippen LogP contribution in [0.15, 0.2) is 12.4 Å². The molecule has 1 aromatic rings. The first-order valence-electron chi connectivity index (χ1n) is 11.9. The maximum absolute atomic E-state index is 12.6. The van der Waals surface area contributed by atoms with Gasteiger partial charge in [-0.05, 0) is 113 Å². The van der Waals surface area contributed by atoms with E-state index in [0.717, 1.165) is 35.5 Å². The highest BCUT2D eigenvalue weighted by Crippen LogP contribution is 2.60. The minimum absolute atomic E-state index is 0.0933. The zero-order valence-electron chi connectivity index (χ0n) is 16.9. The summed E-state index contributed by atoms with van der Waals surface area (Å²) in [6.45, 7) is 0. The SMILES string of the molecule is O=C(O)c1n(C23CC4CC(CC(C4)C2)C3)cc[n+]1C12CC3CC(CC(C3)C1)C2. The molecule has 1 heterocycles. The molecule has 9 rings (SSSR count). The fourth-order valence-corrected chi connectivity index (χ4v) is 10.1. The van der Waals surface area contributed by atoms with E-state index >= 15 is 0 Å². The van der Waals surface area contributed by atoms with E-state index in [0.29, 0.717) is 5.82 Å². The van der Waals surface area contributed by atoms with Gasteiger partial charge in [0.1, 0.15) is 23.5 Å². The molecule has 28 heavy (non-hydrogen) atoms. The van der Waals surface area contributed by atoms with Crippen LogP contribution in [0.25, 0.3) is 0 Å². The molecule has 0 aromatic carbocycles. The van der Waals surface area contributed by atoms with Gasteiger partial charge in [-0.3, -0.25) is 0 Å². The van der Waals surface area contributed by atoms with Gasteiger partial charge < -0.3 is 5.11 Å². The number of rotatable bonds is 3. The van der Waals surface area contributed by atoms with Crippen molar-refractivity contribution in [2.45, 2.75) is 88.1 Å². The van der Waals surface area contributed by atoms with Gasteiger partial charge >= 0.3 is 11.8 Å². The van der Waals surface area contributed by atoms with Crippen molar-refractivity contribution < 1.29 is 14.5 Å². The molecule has 4 nitrogen and oxygen atoms in total. The molecule has 8 bridgehead atoms. The Morgan fingerprint density at radius 1 is 0.821 bits per heavy atom. The number of carboxylic acids is 1. The lowest BCUT2D eigenvalue weighted by atomic mass is 9.52. The van der Waals surface area contributed by atoms with Gasteiger partial charge in [0, 0.05) is 0 Å². The average molecular weight is 382 g/mol. The van der Waals surface area contributed by atoms with E-state index in [1.54, 1.807) is 0 Å². The molecule has 0 atom stereocenters. The summed E-state index contributed by atoms with van der Waals surface area (Å²) in [5.41, 5.74) is 0.187. The van der Waals surface area contributed by atoms with Crippen molar-refractivity contribution in [2.24, 2.45) is 35.5 Å². The third-order valence-corrected chi connectivity index (χ3v) is 10.0. The number of aromatic carboxylic acids is 1. The van der Waals surface area contributed by atoms with Crippen LogP contribution in [0.1, 0.15) is 87.7 Å². The topological polar surface area (TPSA) is 46.1 Å². The third kappa shape index (κ3) is 2.07. The molecule has 0 aliphatic heterocycles. The van der Waals surface area contributed by atoms with Gasteiger partial charge in [-0.25, -0.2) is 13.9 Å². The van der Waals surface area contributed by atoms with Gasteiger partial charge in [0.2, 0.25) is 0 Å². The van der Waals surface area contributed by atoms with Crippen molar-refractivity contribution in [3.63, 3.8) is 0 Å². The molecule has 0 unspecified atom stereocenters. The van der Waals surface area contributed by atoms with E-state index in [9.17, 15) is 9.90 Å². The summed E-state index contributed by atoms with van der Waals surface area (Å²) in [6, 6.07) is 0. The van der Waals surface area contributed by atoms with Gasteiger partial charge in [-0.2, -0.15) is 0 Å². The minimum Gasteiger partial charge on any atom is -0.472 e. The molecule has 0 spiro atoms. The highest BCUT2D eigenvalue weighted by Gasteiger charge is 2.59. The van der Waals surface area contributed by atoms with Crippen LogP contribution in [0.3, 0.4) is 0 Å². The Kier molecular flexibility index (Phi) is 3.08. The summed E-state index contributed by atoms with van der Waals surface area (Å²) >= 11 is 0. The van der Waals surface area contributed by atoms with E-state index in [2.05, 4.69) is 21.5 Å². The Labute approximate surface area is 167 Å². The van der Waals surface area contributed by atoms with Crippen LogP contribution in [0.4, 0.5) is 0 Å². The first-order valence-corrected chi connectivity index (χ1v) is 11.9. The molecule has 1 N–H and O–H groups in total. The zero-order valence-corrected chi connectivity index (χ0v) is 16.9. The highest BCUT2D eigenvalue weighted by molar-refractivity contribution is 5.82. The summed E-state index contributed by atoms with van der Waals surface area (Å²) in [4.78, 5) is 12.6. The first kappa shape index (κ1) is 16.5. The molecule has 0 amide bonds. The maximum Gasteiger partial charge on any atom is 0.419 e. The fraction of sp³-hybridized carbons (Fsp3) is 0.833. The lowest BCUT2D eigenvalue weighted by molar-refractivity contribution is -0.778. The largest absolute Gasteiger partial charge is 0.472 e. The van der Waals surface area contributed by atoms with Crippen LogP contribution in [0.5, 0.6) is 0 Å². The van der Waals surface area contributed by atoms with E-state index in [-0.39, 0.29) is 11.1 Å². The Bertz CT molecular complexity index is 721. The normalized spacial score (nSPS) is 50.4. The van der Waals surface area contributed by atoms with Crippen molar-refractivity contribution >= 4 is 5.97 Å². The number of nitrogens with zero attached hydrogens (tertiary/aromatic N) is 2. The molecular weight excluding hydrogens is 348 g/mol. The quantitative estimate of drug-likeness (QED) is 0.793. The van der Waals surface area contributed by atoms with Gasteiger partial charge in [0.25, 0.3) is 0 Å². The standard InChI is InChI=1S/C24H32N2O2/c27-22(28)21-25(23-9-15-3-16(10-23)5-17(4-15)11-23)1-2-26(21)24-12-18-6-19(13-24)8-20(7-18)14-24/h1-2,15-20H,3-14H2/p+1. The molecule has 8 fully saturated rings. The summed E-state index contributed by atoms with van der Waals surface area (Å²) in [7, 11) is 0. The molecule has 8 aliphatic rings. The second-order valence-corrected chi connectivity index (χ2v) is 12.0. The molecular formula is C24H33N2O2+. The van der Waals surface area contributed by atoms with E-state index in [1.165, 1.54) is 77.0 Å². The molecule has 8 aliphatic carbocycles. The Morgan fingerprint density at radius 3 is 1.68 bits per heavy atom. The van der Waals surface area contributed by atoms with Crippen molar-refractivity contribution in [1.29, 1.82) is 0 Å². The van der Waals surface area contributed by atoms with Gasteiger partial charge in [0.05, 0.1) is 0 Å². The van der Waals surface area contributed by atoms with E-state index < -0.39 is 5.97 Å². The first-order chi connectivity index (χ1) is 13.5. The number of carbonyl (C=O) groups is 1. The predicted molar refractivity (Wildman–Crippen MR) is 104 cm³/mol. The lowest BCUT2D eigenvalue weighted by Gasteiger charge is -2.55. The predicted octanol–water partition coefficient (Wildman–Crippen LogP) is 4.32. The summed E-state index contributed by atoms with van der Waals surface area (Å²) in [6.07, 6.45) is 20.1. The average Bonchev–Trinajstić information content (AvgIpc) is 3.06. The van der Waals surface area contributed by atoms with Crippen molar-refractivity contribution in [2.75, 3.05) is 0 Å². The summed E-state index contributed by atoms with van der Waals surface area (Å²) in [5.74, 6) is 4.94. The van der Waals surface area contributed by atoms with Gasteiger partial charge in [-0.1, -0.05) is 0 Å². The Balaban J connectivity index is 1.35. The van der Waals surface area contributed by atoms with Crippen molar-refractivity contribution in [1.82, 2.24) is 4.57 Å². The molecule has 150 valence electrons. The number of carboxylic acid groups (broad SMARTS) is 1. The minimum atomic E-state index is -0.698. The lowest BCUT2D eigenvalue weighted by Crippen LogP contribution is -2.66. The number of imidazole rings is 1. The second kappa shape index (κ2) is 5.23. The third-order valence-electron chi connectivity index (χ3n) is 10.0. The maximum atomic E-state index is 12.6. The van der Waals surface area contributed by atoms with Crippen molar-refractivity contribution in [3.05, 3.63) is 18.2 Å². The van der Waals surface area contributed by atoms with Gasteiger partial charge in [-0.15, -0.1) is 0 Å². The smallest absolute Gasteiger partial charge is 0.419 e. The fourth-order valence-electron chi connectivity index (χ4n) is 10.1. The van der Waals surface area contributed by atoms with Crippen LogP contribution >= 0.6 is 0 Å². The monoisotopic (exact) mass is 381 g/mol. The molecule has 0 saturated heterocycles. The number of hydrogen-bond acceptors (Lipinski definition) is 1. The second-order valence-electron chi connectivity index (χ2n) is 12.0.